The first-order valence-corrected chi connectivity index (χ1v) is 9.38. The molecule has 0 aliphatic rings. The molecule has 0 spiro atoms. The van der Waals surface area contributed by atoms with E-state index in [9.17, 15) is 4.79 Å². The largest absolute Gasteiger partial charge is 0.382 e. The zero-order chi connectivity index (χ0) is 19.6. The number of anilines is 2. The number of carbonyl (C=O) groups is 1. The Morgan fingerprint density at radius 2 is 1.75 bits per heavy atom. The minimum absolute atomic E-state index is 0.0879. The van der Waals surface area contributed by atoms with Gasteiger partial charge in [-0.3, -0.25) is 4.79 Å². The topological polar surface area (TPSA) is 76.1 Å². The molecule has 28 heavy (non-hydrogen) atoms. The third-order valence-electron chi connectivity index (χ3n) is 4.11. The lowest BCUT2D eigenvalue weighted by Crippen LogP contribution is -2.25. The molecule has 0 aliphatic carbocycles. The van der Waals surface area contributed by atoms with E-state index in [1.54, 1.807) is 12.1 Å². The van der Waals surface area contributed by atoms with E-state index >= 15 is 0 Å². The number of hydrogen-bond donors (Lipinski definition) is 2. The van der Waals surface area contributed by atoms with Crippen molar-refractivity contribution < 1.29 is 9.53 Å². The van der Waals surface area contributed by atoms with Gasteiger partial charge in [0.2, 0.25) is 0 Å². The minimum Gasteiger partial charge on any atom is -0.382 e. The van der Waals surface area contributed by atoms with Gasteiger partial charge >= 0.3 is 0 Å². The molecule has 0 saturated carbocycles. The van der Waals surface area contributed by atoms with Crippen LogP contribution >= 0.6 is 0 Å². The van der Waals surface area contributed by atoms with Crippen LogP contribution in [0.15, 0.2) is 66.7 Å². The first kappa shape index (κ1) is 19.5. The molecule has 1 heterocycles. The number of benzene rings is 2. The number of carbonyl (C=O) groups excluding carboxylic acids is 1. The molecule has 0 radical (unpaired) electrons. The smallest absolute Gasteiger partial charge is 0.251 e. The SMILES string of the molecule is CCOCCCNC(=O)c1ccc(Nc2ccc(-c3ccccc3)nn2)cc1. The predicted octanol–water partition coefficient (Wildman–Crippen LogP) is 4.04. The van der Waals surface area contributed by atoms with E-state index in [-0.39, 0.29) is 5.91 Å². The molecule has 0 aliphatic heterocycles. The number of hydrogen-bond acceptors (Lipinski definition) is 5. The molecular formula is C22H24N4O2. The third kappa shape index (κ3) is 5.62. The van der Waals surface area contributed by atoms with Gasteiger partial charge in [0.25, 0.3) is 5.91 Å². The lowest BCUT2D eigenvalue weighted by atomic mass is 10.1. The zero-order valence-electron chi connectivity index (χ0n) is 15.9. The van der Waals surface area contributed by atoms with Crippen LogP contribution in [0, 0.1) is 0 Å². The van der Waals surface area contributed by atoms with Gasteiger partial charge in [0.15, 0.2) is 5.82 Å². The van der Waals surface area contributed by atoms with Crippen molar-refractivity contribution in [2.45, 2.75) is 13.3 Å². The van der Waals surface area contributed by atoms with Crippen LogP contribution in [0.2, 0.25) is 0 Å². The van der Waals surface area contributed by atoms with Gasteiger partial charge in [0.05, 0.1) is 5.69 Å². The van der Waals surface area contributed by atoms with Gasteiger partial charge in [-0.1, -0.05) is 30.3 Å². The molecule has 0 atom stereocenters. The predicted molar refractivity (Wildman–Crippen MR) is 111 cm³/mol. The molecule has 6 heteroatoms. The standard InChI is InChI=1S/C22H24N4O2/c1-2-28-16-6-15-23-22(27)18-9-11-19(12-10-18)24-21-14-13-20(25-26-21)17-7-4-3-5-8-17/h3-5,7-14H,2,6,15-16H2,1H3,(H,23,27)(H,24,26). The molecule has 2 N–H and O–H groups in total. The fraction of sp³-hybridized carbons (Fsp3) is 0.227. The van der Waals surface area contributed by atoms with Gasteiger partial charge in [-0.05, 0) is 49.7 Å². The normalized spacial score (nSPS) is 10.5. The molecule has 2 aromatic carbocycles. The summed E-state index contributed by atoms with van der Waals surface area (Å²) in [6.45, 7) is 3.91. The van der Waals surface area contributed by atoms with E-state index in [1.807, 2.05) is 61.5 Å². The van der Waals surface area contributed by atoms with Crippen molar-refractivity contribution in [2.75, 3.05) is 25.1 Å². The van der Waals surface area contributed by atoms with E-state index in [0.717, 1.165) is 23.4 Å². The third-order valence-corrected chi connectivity index (χ3v) is 4.11. The van der Waals surface area contributed by atoms with Crippen molar-refractivity contribution >= 4 is 17.4 Å². The van der Waals surface area contributed by atoms with Gasteiger partial charge in [-0.2, -0.15) is 0 Å². The summed E-state index contributed by atoms with van der Waals surface area (Å²) in [6, 6.07) is 21.0. The van der Waals surface area contributed by atoms with Gasteiger partial charge in [-0.15, -0.1) is 10.2 Å². The van der Waals surface area contributed by atoms with Crippen molar-refractivity contribution in [3.8, 4) is 11.3 Å². The summed E-state index contributed by atoms with van der Waals surface area (Å²) < 4.78 is 5.26. The highest BCUT2D eigenvalue weighted by atomic mass is 16.5. The molecule has 1 aromatic heterocycles. The van der Waals surface area contributed by atoms with Crippen molar-refractivity contribution in [2.24, 2.45) is 0 Å². The Kier molecular flexibility index (Phi) is 7.09. The van der Waals surface area contributed by atoms with Crippen LogP contribution in [-0.4, -0.2) is 35.9 Å². The Morgan fingerprint density at radius 1 is 0.964 bits per heavy atom. The number of rotatable bonds is 9. The Hall–Kier alpha value is -3.25. The summed E-state index contributed by atoms with van der Waals surface area (Å²) in [5.41, 5.74) is 3.31. The first-order chi connectivity index (χ1) is 13.8. The second kappa shape index (κ2) is 10.2. The maximum atomic E-state index is 12.1. The molecule has 6 nitrogen and oxygen atoms in total. The minimum atomic E-state index is -0.0879. The van der Waals surface area contributed by atoms with Crippen molar-refractivity contribution in [1.82, 2.24) is 15.5 Å². The average Bonchev–Trinajstić information content (AvgIpc) is 2.75. The van der Waals surface area contributed by atoms with Crippen molar-refractivity contribution in [3.05, 3.63) is 72.3 Å². The molecule has 1 amide bonds. The number of aromatic nitrogens is 2. The van der Waals surface area contributed by atoms with Gasteiger partial charge in [-0.25, -0.2) is 0 Å². The molecular weight excluding hydrogens is 352 g/mol. The van der Waals surface area contributed by atoms with Crippen LogP contribution in [0.5, 0.6) is 0 Å². The van der Waals surface area contributed by atoms with Crippen LogP contribution in [0.1, 0.15) is 23.7 Å². The summed E-state index contributed by atoms with van der Waals surface area (Å²) in [4.78, 5) is 12.1. The highest BCUT2D eigenvalue weighted by Gasteiger charge is 2.05. The molecule has 0 saturated heterocycles. The van der Waals surface area contributed by atoms with Crippen LogP contribution in [0.25, 0.3) is 11.3 Å². The molecule has 3 aromatic rings. The summed E-state index contributed by atoms with van der Waals surface area (Å²) in [5, 5.41) is 14.6. The molecule has 144 valence electrons. The van der Waals surface area contributed by atoms with E-state index in [4.69, 9.17) is 4.74 Å². The van der Waals surface area contributed by atoms with E-state index in [2.05, 4.69) is 20.8 Å². The molecule has 0 fully saturated rings. The Labute approximate surface area is 165 Å². The molecule has 0 bridgehead atoms. The number of nitrogens with zero attached hydrogens (tertiary/aromatic N) is 2. The summed E-state index contributed by atoms with van der Waals surface area (Å²) in [5.74, 6) is 0.558. The number of ether oxygens (including phenoxy) is 1. The molecule has 0 unspecified atom stereocenters. The van der Waals surface area contributed by atoms with Crippen LogP contribution in [0.4, 0.5) is 11.5 Å². The lowest BCUT2D eigenvalue weighted by molar-refractivity contribution is 0.0944. The lowest BCUT2D eigenvalue weighted by Gasteiger charge is -2.08. The van der Waals surface area contributed by atoms with Crippen molar-refractivity contribution in [3.63, 3.8) is 0 Å². The average molecular weight is 376 g/mol. The van der Waals surface area contributed by atoms with Crippen molar-refractivity contribution in [1.29, 1.82) is 0 Å². The Bertz CT molecular complexity index is 865. The van der Waals surface area contributed by atoms with Gasteiger partial charge < -0.3 is 15.4 Å². The summed E-state index contributed by atoms with van der Waals surface area (Å²) in [7, 11) is 0. The summed E-state index contributed by atoms with van der Waals surface area (Å²) >= 11 is 0. The number of amides is 1. The highest BCUT2D eigenvalue weighted by Crippen LogP contribution is 2.19. The van der Waals surface area contributed by atoms with Gasteiger partial charge in [0.1, 0.15) is 0 Å². The Balaban J connectivity index is 1.53. The maximum Gasteiger partial charge on any atom is 0.251 e. The van der Waals surface area contributed by atoms with E-state index < -0.39 is 0 Å². The second-order valence-electron chi connectivity index (χ2n) is 6.18. The quantitative estimate of drug-likeness (QED) is 0.551. The summed E-state index contributed by atoms with van der Waals surface area (Å²) in [6.07, 6.45) is 0.802. The highest BCUT2D eigenvalue weighted by molar-refractivity contribution is 5.94. The van der Waals surface area contributed by atoms with E-state index in [0.29, 0.717) is 31.1 Å². The Morgan fingerprint density at radius 3 is 2.43 bits per heavy atom. The van der Waals surface area contributed by atoms with Crippen LogP contribution in [-0.2, 0) is 4.74 Å². The number of nitrogens with one attached hydrogen (secondary N) is 2. The van der Waals surface area contributed by atoms with E-state index in [1.165, 1.54) is 0 Å². The fourth-order valence-electron chi connectivity index (χ4n) is 2.64. The second-order valence-corrected chi connectivity index (χ2v) is 6.18. The fourth-order valence-corrected chi connectivity index (χ4v) is 2.64. The maximum absolute atomic E-state index is 12.1. The zero-order valence-corrected chi connectivity index (χ0v) is 15.9. The van der Waals surface area contributed by atoms with Crippen LogP contribution < -0.4 is 10.6 Å². The molecule has 3 rings (SSSR count). The van der Waals surface area contributed by atoms with Gasteiger partial charge in [0, 0.05) is 36.6 Å². The first-order valence-electron chi connectivity index (χ1n) is 9.38. The van der Waals surface area contributed by atoms with Crippen LogP contribution in [0.3, 0.4) is 0 Å². The monoisotopic (exact) mass is 376 g/mol.